The molecule has 1 aromatic rings. The van der Waals surface area contributed by atoms with Crippen LogP contribution in [0.3, 0.4) is 0 Å². The van der Waals surface area contributed by atoms with Crippen LogP contribution in [0.1, 0.15) is 32.4 Å². The molecular formula is C10H18BrN3O. The van der Waals surface area contributed by atoms with Crippen LogP contribution in [-0.4, -0.2) is 28.5 Å². The van der Waals surface area contributed by atoms with E-state index in [2.05, 4.69) is 51.5 Å². The number of aromatic nitrogens is 3. The van der Waals surface area contributed by atoms with Crippen LogP contribution >= 0.6 is 15.9 Å². The minimum Gasteiger partial charge on any atom is -0.384 e. The molecule has 86 valence electrons. The predicted molar refractivity (Wildman–Crippen MR) is 63.2 cm³/mol. The number of hydrogen-bond donors (Lipinski definition) is 0. The smallest absolute Gasteiger partial charge is 0.144 e. The van der Waals surface area contributed by atoms with Gasteiger partial charge in [-0.05, 0) is 20.8 Å². The molecule has 0 atom stereocenters. The van der Waals surface area contributed by atoms with Crippen molar-refractivity contribution in [2.45, 2.75) is 38.1 Å². The van der Waals surface area contributed by atoms with Gasteiger partial charge in [-0.2, -0.15) is 0 Å². The summed E-state index contributed by atoms with van der Waals surface area (Å²) >= 11 is 3.43. The van der Waals surface area contributed by atoms with E-state index in [1.165, 1.54) is 0 Å². The third-order valence-corrected chi connectivity index (χ3v) is 2.62. The first-order chi connectivity index (χ1) is 7.00. The first-order valence-corrected chi connectivity index (χ1v) is 6.11. The van der Waals surface area contributed by atoms with Gasteiger partial charge in [0.1, 0.15) is 11.6 Å². The number of ether oxygens (including phenoxy) is 1. The number of hydrogen-bond acceptors (Lipinski definition) is 3. The lowest BCUT2D eigenvalue weighted by Crippen LogP contribution is -2.26. The van der Waals surface area contributed by atoms with Crippen LogP contribution in [0.5, 0.6) is 0 Å². The molecule has 0 aromatic carbocycles. The summed E-state index contributed by atoms with van der Waals surface area (Å²) in [6.45, 7) is 7.13. The van der Waals surface area contributed by atoms with Gasteiger partial charge in [0.05, 0.1) is 11.9 Å². The third kappa shape index (κ3) is 3.01. The van der Waals surface area contributed by atoms with E-state index < -0.39 is 0 Å². The zero-order valence-electron chi connectivity index (χ0n) is 9.75. The van der Waals surface area contributed by atoms with Crippen molar-refractivity contribution in [2.24, 2.45) is 0 Å². The fraction of sp³-hybridized carbons (Fsp3) is 0.800. The van der Waals surface area contributed by atoms with Gasteiger partial charge < -0.3 is 9.30 Å². The Labute approximate surface area is 99.2 Å². The highest BCUT2D eigenvalue weighted by atomic mass is 79.9. The average molecular weight is 276 g/mol. The van der Waals surface area contributed by atoms with Crippen LogP contribution in [-0.2, 0) is 22.0 Å². The second kappa shape index (κ2) is 5.07. The second-order valence-electron chi connectivity index (χ2n) is 4.42. The van der Waals surface area contributed by atoms with Crippen LogP contribution in [0.25, 0.3) is 0 Å². The van der Waals surface area contributed by atoms with Crippen molar-refractivity contribution in [3.8, 4) is 0 Å². The molecule has 0 radical (unpaired) electrons. The van der Waals surface area contributed by atoms with Gasteiger partial charge in [0.15, 0.2) is 0 Å². The van der Waals surface area contributed by atoms with E-state index in [1.807, 2.05) is 0 Å². The van der Waals surface area contributed by atoms with Crippen molar-refractivity contribution < 1.29 is 4.74 Å². The average Bonchev–Trinajstić information content (AvgIpc) is 2.56. The maximum atomic E-state index is 5.06. The number of nitrogens with zero attached hydrogens (tertiary/aromatic N) is 3. The maximum Gasteiger partial charge on any atom is 0.144 e. The molecule has 1 heterocycles. The van der Waals surface area contributed by atoms with Crippen LogP contribution in [0.15, 0.2) is 0 Å². The number of rotatable bonds is 4. The van der Waals surface area contributed by atoms with Crippen molar-refractivity contribution in [3.05, 3.63) is 11.6 Å². The molecule has 0 N–H and O–H groups in total. The van der Waals surface area contributed by atoms with Crippen molar-refractivity contribution in [1.82, 2.24) is 14.8 Å². The molecule has 4 nitrogen and oxygen atoms in total. The van der Waals surface area contributed by atoms with Crippen molar-refractivity contribution >= 4 is 15.9 Å². The highest BCUT2D eigenvalue weighted by Crippen LogP contribution is 2.20. The van der Waals surface area contributed by atoms with Crippen LogP contribution in [0.4, 0.5) is 0 Å². The molecule has 0 saturated carbocycles. The summed E-state index contributed by atoms with van der Waals surface area (Å²) in [5.74, 6) is 1.95. The van der Waals surface area contributed by atoms with Gasteiger partial charge in [-0.3, -0.25) is 0 Å². The summed E-state index contributed by atoms with van der Waals surface area (Å²) in [6, 6.07) is 0. The molecule has 1 aromatic heterocycles. The van der Waals surface area contributed by atoms with E-state index in [1.54, 1.807) is 7.11 Å². The molecule has 0 aliphatic carbocycles. The van der Waals surface area contributed by atoms with Crippen molar-refractivity contribution in [1.29, 1.82) is 0 Å². The SMILES string of the molecule is COCCc1nnc(CBr)n1C(C)(C)C. The molecule has 0 amide bonds. The summed E-state index contributed by atoms with van der Waals surface area (Å²) in [7, 11) is 1.70. The van der Waals surface area contributed by atoms with Crippen LogP contribution < -0.4 is 0 Å². The van der Waals surface area contributed by atoms with E-state index >= 15 is 0 Å². The monoisotopic (exact) mass is 275 g/mol. The molecule has 0 saturated heterocycles. The Morgan fingerprint density at radius 2 is 1.87 bits per heavy atom. The molecule has 0 fully saturated rings. The first-order valence-electron chi connectivity index (χ1n) is 4.99. The van der Waals surface area contributed by atoms with E-state index in [4.69, 9.17) is 4.74 Å². The lowest BCUT2D eigenvalue weighted by Gasteiger charge is -2.24. The zero-order chi connectivity index (χ0) is 11.5. The summed E-state index contributed by atoms with van der Waals surface area (Å²) in [4.78, 5) is 0. The molecule has 0 unspecified atom stereocenters. The van der Waals surface area contributed by atoms with E-state index in [0.717, 1.165) is 23.4 Å². The number of methoxy groups -OCH3 is 1. The number of alkyl halides is 1. The Kier molecular flexibility index (Phi) is 4.28. The molecular weight excluding hydrogens is 258 g/mol. The predicted octanol–water partition coefficient (Wildman–Crippen LogP) is 2.12. The van der Waals surface area contributed by atoms with Gasteiger partial charge in [0, 0.05) is 19.1 Å². The van der Waals surface area contributed by atoms with Gasteiger partial charge in [-0.1, -0.05) is 15.9 Å². The Hall–Kier alpha value is -0.420. The van der Waals surface area contributed by atoms with E-state index in [9.17, 15) is 0 Å². The Morgan fingerprint density at radius 3 is 2.33 bits per heavy atom. The minimum absolute atomic E-state index is 0.00960. The standard InChI is InChI=1S/C10H18BrN3O/c1-10(2,3)14-8(5-6-15-4)12-13-9(14)7-11/h5-7H2,1-4H3. The van der Waals surface area contributed by atoms with Gasteiger partial charge in [-0.25, -0.2) is 0 Å². The Bertz CT molecular complexity index is 317. The number of halogens is 1. The largest absolute Gasteiger partial charge is 0.384 e. The molecule has 1 rings (SSSR count). The fourth-order valence-electron chi connectivity index (χ4n) is 1.57. The lowest BCUT2D eigenvalue weighted by molar-refractivity contribution is 0.197. The molecule has 0 aliphatic rings. The maximum absolute atomic E-state index is 5.06. The van der Waals surface area contributed by atoms with E-state index in [0.29, 0.717) is 6.61 Å². The highest BCUT2D eigenvalue weighted by Gasteiger charge is 2.21. The molecule has 0 spiro atoms. The van der Waals surface area contributed by atoms with Gasteiger partial charge in [0.25, 0.3) is 0 Å². The van der Waals surface area contributed by atoms with E-state index in [-0.39, 0.29) is 5.54 Å². The molecule has 15 heavy (non-hydrogen) atoms. The molecule has 5 heteroatoms. The van der Waals surface area contributed by atoms with Gasteiger partial charge >= 0.3 is 0 Å². The topological polar surface area (TPSA) is 39.9 Å². The summed E-state index contributed by atoms with van der Waals surface area (Å²) in [6.07, 6.45) is 0.799. The summed E-state index contributed by atoms with van der Waals surface area (Å²) in [5.41, 5.74) is 0.00960. The van der Waals surface area contributed by atoms with Gasteiger partial charge in [-0.15, -0.1) is 10.2 Å². The zero-order valence-corrected chi connectivity index (χ0v) is 11.3. The highest BCUT2D eigenvalue weighted by molar-refractivity contribution is 9.08. The minimum atomic E-state index is 0.00960. The van der Waals surface area contributed by atoms with Crippen LogP contribution in [0.2, 0.25) is 0 Å². The van der Waals surface area contributed by atoms with Crippen molar-refractivity contribution in [2.75, 3.05) is 13.7 Å². The third-order valence-electron chi connectivity index (χ3n) is 2.12. The first kappa shape index (κ1) is 12.6. The fourth-order valence-corrected chi connectivity index (χ4v) is 1.93. The lowest BCUT2D eigenvalue weighted by atomic mass is 10.1. The van der Waals surface area contributed by atoms with Gasteiger partial charge in [0.2, 0.25) is 0 Å². The summed E-state index contributed by atoms with van der Waals surface area (Å²) in [5, 5.41) is 9.08. The summed E-state index contributed by atoms with van der Waals surface area (Å²) < 4.78 is 7.23. The normalized spacial score (nSPS) is 12.1. The molecule has 0 bridgehead atoms. The molecule has 0 aliphatic heterocycles. The second-order valence-corrected chi connectivity index (χ2v) is 4.98. The Balaban J connectivity index is 3.01. The Morgan fingerprint density at radius 1 is 1.27 bits per heavy atom. The van der Waals surface area contributed by atoms with Crippen molar-refractivity contribution in [3.63, 3.8) is 0 Å². The van der Waals surface area contributed by atoms with Crippen LogP contribution in [0, 0.1) is 0 Å². The quantitative estimate of drug-likeness (QED) is 0.791.